The lowest BCUT2D eigenvalue weighted by Crippen LogP contribution is -2.03. The molecule has 0 rings (SSSR count). The Bertz CT molecular complexity index is 334. The second kappa shape index (κ2) is 15.6. The Balaban J connectivity index is 3.19. The summed E-state index contributed by atoms with van der Waals surface area (Å²) in [5.41, 5.74) is 0. The van der Waals surface area contributed by atoms with Gasteiger partial charge in [-0.15, -0.1) is 0 Å². The number of carbonyl (C=O) groups excluding carboxylic acids is 1. The van der Waals surface area contributed by atoms with Crippen molar-refractivity contribution in [2.75, 3.05) is 6.61 Å². The van der Waals surface area contributed by atoms with E-state index in [9.17, 15) is 9.59 Å². The minimum Gasteiger partial charge on any atom is -0.478 e. The fourth-order valence-electron chi connectivity index (χ4n) is 2.43. The quantitative estimate of drug-likeness (QED) is 0.258. The predicted octanol–water partition coefficient (Wildman–Crippen LogP) is 5.12. The van der Waals surface area contributed by atoms with E-state index in [1.807, 2.05) is 0 Å². The molecule has 0 unspecified atom stereocenters. The highest BCUT2D eigenvalue weighted by Crippen LogP contribution is 2.13. The van der Waals surface area contributed by atoms with Gasteiger partial charge in [0.05, 0.1) is 6.61 Å². The zero-order valence-electron chi connectivity index (χ0n) is 14.9. The summed E-state index contributed by atoms with van der Waals surface area (Å²) >= 11 is 0. The van der Waals surface area contributed by atoms with Gasteiger partial charge in [-0.2, -0.15) is 0 Å². The molecule has 4 heteroatoms. The Morgan fingerprint density at radius 3 is 1.78 bits per heavy atom. The van der Waals surface area contributed by atoms with Crippen LogP contribution in [0.5, 0.6) is 0 Å². The average Bonchev–Trinajstić information content (AvgIpc) is 2.49. The van der Waals surface area contributed by atoms with Gasteiger partial charge in [0.25, 0.3) is 0 Å². The van der Waals surface area contributed by atoms with Crippen molar-refractivity contribution >= 4 is 11.9 Å². The monoisotopic (exact) mass is 326 g/mol. The molecule has 0 saturated heterocycles. The average molecular weight is 326 g/mol. The first kappa shape index (κ1) is 21.7. The highest BCUT2D eigenvalue weighted by molar-refractivity contribution is 5.90. The first-order chi connectivity index (χ1) is 11.0. The molecule has 4 nitrogen and oxygen atoms in total. The molecule has 0 bridgehead atoms. The summed E-state index contributed by atoms with van der Waals surface area (Å²) in [5, 5.41) is 8.36. The highest BCUT2D eigenvalue weighted by atomic mass is 16.5. The molecule has 0 aromatic carbocycles. The lowest BCUT2D eigenvalue weighted by atomic mass is 10.0. The summed E-state index contributed by atoms with van der Waals surface area (Å²) < 4.78 is 4.90. The molecule has 0 aliphatic rings. The molecule has 0 amide bonds. The number of carbonyl (C=O) groups is 2. The molecule has 1 N–H and O–H groups in total. The molecule has 0 atom stereocenters. The van der Waals surface area contributed by atoms with Gasteiger partial charge in [0.1, 0.15) is 0 Å². The van der Waals surface area contributed by atoms with E-state index in [1.54, 1.807) is 0 Å². The zero-order chi connectivity index (χ0) is 17.3. The molecule has 0 saturated carbocycles. The fourth-order valence-corrected chi connectivity index (χ4v) is 2.43. The maximum absolute atomic E-state index is 11.1. The summed E-state index contributed by atoms with van der Waals surface area (Å²) in [6.07, 6.45) is 15.5. The van der Waals surface area contributed by atoms with Crippen molar-refractivity contribution in [2.45, 2.75) is 84.5 Å². The van der Waals surface area contributed by atoms with Crippen LogP contribution in [0.4, 0.5) is 0 Å². The van der Waals surface area contributed by atoms with Gasteiger partial charge >= 0.3 is 11.9 Å². The third-order valence-corrected chi connectivity index (χ3v) is 3.78. The number of hydrogen-bond donors (Lipinski definition) is 1. The van der Waals surface area contributed by atoms with Gasteiger partial charge in [0, 0.05) is 12.2 Å². The number of unbranched alkanes of at least 4 members (excludes halogenated alkanes) is 9. The van der Waals surface area contributed by atoms with Crippen molar-refractivity contribution < 1.29 is 19.4 Å². The van der Waals surface area contributed by atoms with Crippen LogP contribution in [-0.4, -0.2) is 23.7 Å². The van der Waals surface area contributed by atoms with E-state index in [-0.39, 0.29) is 0 Å². The normalized spacial score (nSPS) is 11.3. The van der Waals surface area contributed by atoms with Crippen molar-refractivity contribution in [3.8, 4) is 0 Å². The third kappa shape index (κ3) is 18.6. The van der Waals surface area contributed by atoms with E-state index in [2.05, 4.69) is 13.8 Å². The first-order valence-electron chi connectivity index (χ1n) is 9.10. The second-order valence-corrected chi connectivity index (χ2v) is 6.56. The molecule has 0 spiro atoms. The standard InChI is InChI=1S/C19H34O4/c1-17(2)13-11-9-7-5-3-4-6-8-10-12-16-23-19(22)15-14-18(20)21/h14-15,17H,3-13,16H2,1-2H3,(H,20,21). The first-order valence-corrected chi connectivity index (χ1v) is 9.10. The lowest BCUT2D eigenvalue weighted by molar-refractivity contribution is -0.138. The number of aliphatic carboxylic acids is 1. The Kier molecular flexibility index (Phi) is 14.7. The van der Waals surface area contributed by atoms with E-state index < -0.39 is 11.9 Å². The molecule has 23 heavy (non-hydrogen) atoms. The predicted molar refractivity (Wildman–Crippen MR) is 93.4 cm³/mol. The van der Waals surface area contributed by atoms with E-state index in [1.165, 1.54) is 57.8 Å². The topological polar surface area (TPSA) is 63.6 Å². The molecule has 0 aromatic heterocycles. The van der Waals surface area contributed by atoms with Crippen LogP contribution in [0.15, 0.2) is 12.2 Å². The van der Waals surface area contributed by atoms with E-state index >= 15 is 0 Å². The summed E-state index contributed by atoms with van der Waals surface area (Å²) in [6, 6.07) is 0. The number of carboxylic acid groups (broad SMARTS) is 1. The Hall–Kier alpha value is -1.32. The Labute approximate surface area is 141 Å². The van der Waals surface area contributed by atoms with Gasteiger partial charge in [0.15, 0.2) is 0 Å². The molecular formula is C19H34O4. The number of rotatable bonds is 15. The molecule has 0 heterocycles. The third-order valence-electron chi connectivity index (χ3n) is 3.78. The summed E-state index contributed by atoms with van der Waals surface area (Å²) in [5.74, 6) is -0.880. The van der Waals surface area contributed by atoms with E-state index in [0.717, 1.165) is 30.9 Å². The van der Waals surface area contributed by atoms with Crippen LogP contribution in [0.1, 0.15) is 84.5 Å². The van der Waals surface area contributed by atoms with Crippen molar-refractivity contribution in [1.29, 1.82) is 0 Å². The van der Waals surface area contributed by atoms with Crippen LogP contribution in [0, 0.1) is 5.92 Å². The van der Waals surface area contributed by atoms with Crippen molar-refractivity contribution in [2.24, 2.45) is 5.92 Å². The summed E-state index contributed by atoms with van der Waals surface area (Å²) in [7, 11) is 0. The second-order valence-electron chi connectivity index (χ2n) is 6.56. The number of hydrogen-bond acceptors (Lipinski definition) is 3. The molecule has 134 valence electrons. The van der Waals surface area contributed by atoms with Gasteiger partial charge < -0.3 is 9.84 Å². The smallest absolute Gasteiger partial charge is 0.331 e. The summed E-state index contributed by atoms with van der Waals surface area (Å²) in [6.45, 7) is 4.94. The van der Waals surface area contributed by atoms with E-state index in [0.29, 0.717) is 6.61 Å². The SMILES string of the molecule is CC(C)CCCCCCCCCCCCOC(=O)C=CC(=O)O. The molecule has 0 aliphatic carbocycles. The van der Waals surface area contributed by atoms with Gasteiger partial charge in [-0.3, -0.25) is 0 Å². The van der Waals surface area contributed by atoms with Crippen LogP contribution in [0.3, 0.4) is 0 Å². The molecule has 0 fully saturated rings. The maximum atomic E-state index is 11.1. The van der Waals surface area contributed by atoms with Gasteiger partial charge in [-0.25, -0.2) is 9.59 Å². The van der Waals surface area contributed by atoms with Crippen molar-refractivity contribution in [1.82, 2.24) is 0 Å². The zero-order valence-corrected chi connectivity index (χ0v) is 14.9. The van der Waals surface area contributed by atoms with Crippen LogP contribution >= 0.6 is 0 Å². The molecule has 0 aromatic rings. The van der Waals surface area contributed by atoms with Gasteiger partial charge in [0.2, 0.25) is 0 Å². The van der Waals surface area contributed by atoms with Crippen LogP contribution in [-0.2, 0) is 14.3 Å². The molecular weight excluding hydrogens is 292 g/mol. The maximum Gasteiger partial charge on any atom is 0.331 e. The van der Waals surface area contributed by atoms with Crippen molar-refractivity contribution in [3.05, 3.63) is 12.2 Å². The van der Waals surface area contributed by atoms with Crippen LogP contribution < -0.4 is 0 Å². The largest absolute Gasteiger partial charge is 0.478 e. The lowest BCUT2D eigenvalue weighted by Gasteiger charge is -2.05. The molecule has 0 aliphatic heterocycles. The minimum absolute atomic E-state index is 0.374. The minimum atomic E-state index is -1.14. The summed E-state index contributed by atoms with van der Waals surface area (Å²) in [4.78, 5) is 21.3. The van der Waals surface area contributed by atoms with Crippen LogP contribution in [0.25, 0.3) is 0 Å². The molecule has 0 radical (unpaired) electrons. The van der Waals surface area contributed by atoms with Gasteiger partial charge in [-0.05, 0) is 12.3 Å². The highest BCUT2D eigenvalue weighted by Gasteiger charge is 1.99. The van der Waals surface area contributed by atoms with Crippen LogP contribution in [0.2, 0.25) is 0 Å². The number of ether oxygens (including phenoxy) is 1. The Morgan fingerprint density at radius 2 is 1.30 bits per heavy atom. The Morgan fingerprint density at radius 1 is 0.826 bits per heavy atom. The number of esters is 1. The van der Waals surface area contributed by atoms with Crippen molar-refractivity contribution in [3.63, 3.8) is 0 Å². The van der Waals surface area contributed by atoms with E-state index in [4.69, 9.17) is 9.84 Å². The fraction of sp³-hybridized carbons (Fsp3) is 0.789. The number of carboxylic acids is 1. The van der Waals surface area contributed by atoms with Gasteiger partial charge in [-0.1, -0.05) is 78.1 Å².